The standard InChI is InChI=1S/C14H22N4O/c1-18(11-6-2-3-7-12(11)19)9-10-5-4-8-17-13(10)14(15)16/h4-5,8,11-12,19H,2-3,6-7,9H2,1H3,(H3,15,16). The third-order valence-electron chi connectivity index (χ3n) is 3.83. The van der Waals surface area contributed by atoms with E-state index >= 15 is 0 Å². The van der Waals surface area contributed by atoms with Crippen LogP contribution in [0.1, 0.15) is 36.9 Å². The van der Waals surface area contributed by atoms with E-state index in [9.17, 15) is 5.11 Å². The molecule has 0 bridgehead atoms. The van der Waals surface area contributed by atoms with Crippen molar-refractivity contribution in [2.75, 3.05) is 7.05 Å². The van der Waals surface area contributed by atoms with Crippen molar-refractivity contribution in [1.29, 1.82) is 5.41 Å². The van der Waals surface area contributed by atoms with Crippen LogP contribution < -0.4 is 5.73 Å². The Balaban J connectivity index is 2.10. The molecule has 0 aromatic carbocycles. The highest BCUT2D eigenvalue weighted by molar-refractivity contribution is 5.94. The van der Waals surface area contributed by atoms with Crippen molar-refractivity contribution in [1.82, 2.24) is 9.88 Å². The molecule has 19 heavy (non-hydrogen) atoms. The molecule has 1 aliphatic rings. The Kier molecular flexibility index (Phi) is 4.50. The maximum Gasteiger partial charge on any atom is 0.142 e. The number of likely N-dealkylation sites (N-methyl/N-ethyl adjacent to an activating group) is 1. The van der Waals surface area contributed by atoms with Gasteiger partial charge in [0.25, 0.3) is 0 Å². The number of aromatic nitrogens is 1. The van der Waals surface area contributed by atoms with Crippen molar-refractivity contribution in [3.05, 3.63) is 29.6 Å². The molecule has 1 fully saturated rings. The van der Waals surface area contributed by atoms with Gasteiger partial charge in [-0.15, -0.1) is 0 Å². The Labute approximate surface area is 114 Å². The lowest BCUT2D eigenvalue weighted by Gasteiger charge is -2.35. The third kappa shape index (κ3) is 3.30. The number of aliphatic hydroxyl groups is 1. The quantitative estimate of drug-likeness (QED) is 0.560. The highest BCUT2D eigenvalue weighted by Crippen LogP contribution is 2.23. The lowest BCUT2D eigenvalue weighted by atomic mass is 9.91. The summed E-state index contributed by atoms with van der Waals surface area (Å²) in [5.41, 5.74) is 7.03. The number of nitrogens with one attached hydrogen (secondary N) is 1. The van der Waals surface area contributed by atoms with Crippen LogP contribution >= 0.6 is 0 Å². The number of hydrogen-bond acceptors (Lipinski definition) is 4. The van der Waals surface area contributed by atoms with E-state index in [2.05, 4.69) is 9.88 Å². The number of pyridine rings is 1. The molecule has 2 unspecified atom stereocenters. The molecule has 1 saturated carbocycles. The van der Waals surface area contributed by atoms with Crippen molar-refractivity contribution in [3.8, 4) is 0 Å². The van der Waals surface area contributed by atoms with E-state index in [1.54, 1.807) is 6.20 Å². The molecule has 1 aliphatic carbocycles. The fraction of sp³-hybridized carbons (Fsp3) is 0.571. The van der Waals surface area contributed by atoms with Crippen LogP contribution in [0.2, 0.25) is 0 Å². The Morgan fingerprint density at radius 2 is 2.26 bits per heavy atom. The van der Waals surface area contributed by atoms with E-state index in [0.29, 0.717) is 12.2 Å². The first-order chi connectivity index (χ1) is 9.09. The van der Waals surface area contributed by atoms with Gasteiger partial charge in [-0.1, -0.05) is 18.9 Å². The second-order valence-corrected chi connectivity index (χ2v) is 5.26. The van der Waals surface area contributed by atoms with Crippen LogP contribution in [0.15, 0.2) is 18.3 Å². The van der Waals surface area contributed by atoms with Gasteiger partial charge in [0.2, 0.25) is 0 Å². The average molecular weight is 262 g/mol. The summed E-state index contributed by atoms with van der Waals surface area (Å²) in [4.78, 5) is 6.30. The van der Waals surface area contributed by atoms with Crippen LogP contribution in [0.5, 0.6) is 0 Å². The molecule has 0 saturated heterocycles. The van der Waals surface area contributed by atoms with Gasteiger partial charge >= 0.3 is 0 Å². The fourth-order valence-electron chi connectivity index (χ4n) is 2.80. The molecule has 5 nitrogen and oxygen atoms in total. The summed E-state index contributed by atoms with van der Waals surface area (Å²) in [7, 11) is 2.01. The largest absolute Gasteiger partial charge is 0.391 e. The summed E-state index contributed by atoms with van der Waals surface area (Å²) in [5.74, 6) is -0.00630. The molecule has 0 spiro atoms. The molecule has 0 radical (unpaired) electrons. The molecule has 0 amide bonds. The van der Waals surface area contributed by atoms with Gasteiger partial charge in [-0.3, -0.25) is 15.3 Å². The van der Waals surface area contributed by atoms with Crippen LogP contribution in [0.25, 0.3) is 0 Å². The SMILES string of the molecule is CN(Cc1cccnc1C(=N)N)C1CCCCC1O. The number of hydrogen-bond donors (Lipinski definition) is 3. The minimum atomic E-state index is -0.254. The minimum Gasteiger partial charge on any atom is -0.391 e. The third-order valence-corrected chi connectivity index (χ3v) is 3.83. The van der Waals surface area contributed by atoms with Gasteiger partial charge in [0.05, 0.1) is 6.10 Å². The molecule has 5 heteroatoms. The van der Waals surface area contributed by atoms with Crippen molar-refractivity contribution in [2.24, 2.45) is 5.73 Å². The molecule has 1 heterocycles. The first-order valence-electron chi connectivity index (χ1n) is 6.76. The lowest BCUT2D eigenvalue weighted by Crippen LogP contribution is -2.43. The summed E-state index contributed by atoms with van der Waals surface area (Å²) < 4.78 is 0. The second kappa shape index (κ2) is 6.12. The van der Waals surface area contributed by atoms with Crippen molar-refractivity contribution < 1.29 is 5.11 Å². The average Bonchev–Trinajstić information content (AvgIpc) is 2.39. The van der Waals surface area contributed by atoms with E-state index in [-0.39, 0.29) is 18.0 Å². The zero-order valence-electron chi connectivity index (χ0n) is 11.3. The monoisotopic (exact) mass is 262 g/mol. The van der Waals surface area contributed by atoms with Gasteiger partial charge in [-0.2, -0.15) is 0 Å². The maximum atomic E-state index is 10.1. The number of nitrogen functional groups attached to an aromatic ring is 1. The Hall–Kier alpha value is -1.46. The number of nitrogens with two attached hydrogens (primary N) is 1. The number of aliphatic hydroxyl groups excluding tert-OH is 1. The van der Waals surface area contributed by atoms with Crippen molar-refractivity contribution in [2.45, 2.75) is 44.4 Å². The highest BCUT2D eigenvalue weighted by Gasteiger charge is 2.27. The molecular formula is C14H22N4O. The van der Waals surface area contributed by atoms with E-state index in [1.165, 1.54) is 6.42 Å². The van der Waals surface area contributed by atoms with Crippen LogP contribution in [-0.4, -0.2) is 40.0 Å². The molecule has 1 aromatic heterocycles. The van der Waals surface area contributed by atoms with Gasteiger partial charge in [0.15, 0.2) is 0 Å². The van der Waals surface area contributed by atoms with Crippen LogP contribution in [0.3, 0.4) is 0 Å². The number of amidine groups is 1. The van der Waals surface area contributed by atoms with Crippen LogP contribution in [0.4, 0.5) is 0 Å². The molecule has 1 aromatic rings. The zero-order chi connectivity index (χ0) is 13.8. The van der Waals surface area contributed by atoms with Crippen molar-refractivity contribution in [3.63, 3.8) is 0 Å². The fourth-order valence-corrected chi connectivity index (χ4v) is 2.80. The molecule has 0 aliphatic heterocycles. The Bertz CT molecular complexity index is 449. The van der Waals surface area contributed by atoms with E-state index < -0.39 is 0 Å². The van der Waals surface area contributed by atoms with Gasteiger partial charge in [0, 0.05) is 18.8 Å². The maximum absolute atomic E-state index is 10.1. The molecule has 4 N–H and O–H groups in total. The van der Waals surface area contributed by atoms with Gasteiger partial charge < -0.3 is 10.8 Å². The number of rotatable bonds is 4. The summed E-state index contributed by atoms with van der Waals surface area (Å²) in [5, 5.41) is 17.6. The predicted molar refractivity (Wildman–Crippen MR) is 75.0 cm³/mol. The summed E-state index contributed by atoms with van der Waals surface area (Å²) in [6, 6.07) is 3.98. The van der Waals surface area contributed by atoms with Crippen LogP contribution in [-0.2, 0) is 6.54 Å². The Morgan fingerprint density at radius 3 is 2.95 bits per heavy atom. The summed E-state index contributed by atoms with van der Waals surface area (Å²) >= 11 is 0. The second-order valence-electron chi connectivity index (χ2n) is 5.26. The first kappa shape index (κ1) is 14.0. The van der Waals surface area contributed by atoms with E-state index in [0.717, 1.165) is 24.8 Å². The molecule has 104 valence electrons. The van der Waals surface area contributed by atoms with Gasteiger partial charge in [-0.05, 0) is 31.5 Å². The Morgan fingerprint density at radius 1 is 1.53 bits per heavy atom. The topological polar surface area (TPSA) is 86.2 Å². The summed E-state index contributed by atoms with van der Waals surface area (Å²) in [6.45, 7) is 0.657. The van der Waals surface area contributed by atoms with E-state index in [4.69, 9.17) is 11.1 Å². The van der Waals surface area contributed by atoms with Gasteiger partial charge in [-0.25, -0.2) is 0 Å². The summed E-state index contributed by atoms with van der Waals surface area (Å²) in [6.07, 6.45) is 5.57. The smallest absolute Gasteiger partial charge is 0.142 e. The molecule has 2 rings (SSSR count). The van der Waals surface area contributed by atoms with Gasteiger partial charge in [0.1, 0.15) is 11.5 Å². The highest BCUT2D eigenvalue weighted by atomic mass is 16.3. The van der Waals surface area contributed by atoms with Crippen LogP contribution in [0, 0.1) is 5.41 Å². The van der Waals surface area contributed by atoms with Crippen molar-refractivity contribution >= 4 is 5.84 Å². The normalized spacial score (nSPS) is 23.5. The molecule has 2 atom stereocenters. The van der Waals surface area contributed by atoms with E-state index in [1.807, 2.05) is 19.2 Å². The first-order valence-corrected chi connectivity index (χ1v) is 6.76. The zero-order valence-corrected chi connectivity index (χ0v) is 11.3. The molecular weight excluding hydrogens is 240 g/mol. The predicted octanol–water partition coefficient (Wildman–Crippen LogP) is 1.10. The minimum absolute atomic E-state index is 0.00630. The number of nitrogens with zero attached hydrogens (tertiary/aromatic N) is 2. The lowest BCUT2D eigenvalue weighted by molar-refractivity contribution is 0.0288.